The van der Waals surface area contributed by atoms with Gasteiger partial charge in [-0.25, -0.2) is 8.42 Å². The van der Waals surface area contributed by atoms with Gasteiger partial charge in [-0.15, -0.1) is 11.6 Å². The van der Waals surface area contributed by atoms with Crippen molar-refractivity contribution in [1.82, 2.24) is 0 Å². The molecule has 3 nitrogen and oxygen atoms in total. The lowest BCUT2D eigenvalue weighted by molar-refractivity contribution is -0.137. The number of alkyl halides is 4. The molecule has 0 aliphatic heterocycles. The monoisotopic (exact) mass is 383 g/mol. The number of sulfonamides is 1. The zero-order chi connectivity index (χ0) is 17.3. The van der Waals surface area contributed by atoms with Crippen LogP contribution in [0.3, 0.4) is 0 Å². The van der Waals surface area contributed by atoms with Crippen LogP contribution in [-0.4, -0.2) is 8.42 Å². The lowest BCUT2D eigenvalue weighted by atomic mass is 10.1. The van der Waals surface area contributed by atoms with Crippen molar-refractivity contribution in [2.24, 2.45) is 0 Å². The molecule has 9 heteroatoms. The number of rotatable bonds is 4. The summed E-state index contributed by atoms with van der Waals surface area (Å²) >= 11 is 11.3. The molecule has 0 bridgehead atoms. The van der Waals surface area contributed by atoms with Gasteiger partial charge in [0.25, 0.3) is 10.0 Å². The fraction of sp³-hybridized carbons (Fsp3) is 0.143. The van der Waals surface area contributed by atoms with Gasteiger partial charge in [-0.1, -0.05) is 17.7 Å². The van der Waals surface area contributed by atoms with Gasteiger partial charge in [0.05, 0.1) is 16.1 Å². The fourth-order valence-electron chi connectivity index (χ4n) is 1.78. The molecule has 2 rings (SSSR count). The molecule has 0 spiro atoms. The summed E-state index contributed by atoms with van der Waals surface area (Å²) in [6.45, 7) is 0. The van der Waals surface area contributed by atoms with Gasteiger partial charge < -0.3 is 0 Å². The predicted molar refractivity (Wildman–Crippen MR) is 83.3 cm³/mol. The molecule has 0 heterocycles. The Bertz CT molecular complexity index is 806. The molecular weight excluding hydrogens is 374 g/mol. The van der Waals surface area contributed by atoms with Crippen molar-refractivity contribution in [3.8, 4) is 0 Å². The summed E-state index contributed by atoms with van der Waals surface area (Å²) < 4.78 is 65.0. The van der Waals surface area contributed by atoms with Crippen molar-refractivity contribution in [1.29, 1.82) is 0 Å². The summed E-state index contributed by atoms with van der Waals surface area (Å²) in [7, 11) is -4.06. The number of halogens is 5. The molecule has 0 amide bonds. The Hall–Kier alpha value is -1.44. The number of benzene rings is 2. The summed E-state index contributed by atoms with van der Waals surface area (Å²) in [6.07, 6.45) is -4.59. The molecule has 0 aliphatic rings. The smallest absolute Gasteiger partial charge is 0.279 e. The highest BCUT2D eigenvalue weighted by Crippen LogP contribution is 2.33. The topological polar surface area (TPSA) is 46.2 Å². The minimum absolute atomic E-state index is 0.125. The fourth-order valence-corrected chi connectivity index (χ4v) is 3.23. The SMILES string of the molecule is O=S(=O)(Nc1cc(C(F)(F)F)ccc1CCl)c1ccc(Cl)cc1. The Morgan fingerprint density at radius 3 is 2.17 bits per heavy atom. The Morgan fingerprint density at radius 1 is 1.04 bits per heavy atom. The van der Waals surface area contributed by atoms with Crippen molar-refractivity contribution in [2.45, 2.75) is 17.0 Å². The molecule has 0 radical (unpaired) electrons. The molecule has 0 aliphatic carbocycles. The van der Waals surface area contributed by atoms with Crippen molar-refractivity contribution < 1.29 is 21.6 Å². The molecular formula is C14H10Cl2F3NO2S. The lowest BCUT2D eigenvalue weighted by Gasteiger charge is -2.14. The number of nitrogens with one attached hydrogen (secondary N) is 1. The van der Waals surface area contributed by atoms with Crippen LogP contribution in [0.2, 0.25) is 5.02 Å². The first-order valence-electron chi connectivity index (χ1n) is 6.18. The molecule has 0 saturated carbocycles. The van der Waals surface area contributed by atoms with E-state index in [-0.39, 0.29) is 22.0 Å². The summed E-state index contributed by atoms with van der Waals surface area (Å²) in [4.78, 5) is -0.125. The van der Waals surface area contributed by atoms with Crippen LogP contribution < -0.4 is 4.72 Å². The molecule has 0 unspecified atom stereocenters. The first-order chi connectivity index (χ1) is 10.6. The van der Waals surface area contributed by atoms with Gasteiger partial charge in [0.1, 0.15) is 0 Å². The molecule has 2 aromatic carbocycles. The highest BCUT2D eigenvalue weighted by atomic mass is 35.5. The van der Waals surface area contributed by atoms with Crippen LogP contribution in [0.5, 0.6) is 0 Å². The Morgan fingerprint density at radius 2 is 1.65 bits per heavy atom. The first-order valence-corrected chi connectivity index (χ1v) is 8.57. The normalized spacial score (nSPS) is 12.2. The van der Waals surface area contributed by atoms with Gasteiger partial charge in [-0.3, -0.25) is 4.72 Å². The Kier molecular flexibility index (Phi) is 5.13. The average Bonchev–Trinajstić information content (AvgIpc) is 2.46. The van der Waals surface area contributed by atoms with E-state index in [9.17, 15) is 21.6 Å². The van der Waals surface area contributed by atoms with E-state index in [1.807, 2.05) is 0 Å². The highest BCUT2D eigenvalue weighted by molar-refractivity contribution is 7.92. The van der Waals surface area contributed by atoms with E-state index in [4.69, 9.17) is 23.2 Å². The van der Waals surface area contributed by atoms with Crippen LogP contribution >= 0.6 is 23.2 Å². The first kappa shape index (κ1) is 17.9. The van der Waals surface area contributed by atoms with Crippen molar-refractivity contribution in [3.63, 3.8) is 0 Å². The number of hydrogen-bond acceptors (Lipinski definition) is 2. The van der Waals surface area contributed by atoms with E-state index < -0.39 is 21.8 Å². The molecule has 0 saturated heterocycles. The zero-order valence-electron chi connectivity index (χ0n) is 11.4. The van der Waals surface area contributed by atoms with E-state index in [2.05, 4.69) is 4.72 Å². The van der Waals surface area contributed by atoms with E-state index in [1.54, 1.807) is 0 Å². The van der Waals surface area contributed by atoms with Gasteiger partial charge in [0.15, 0.2) is 0 Å². The van der Waals surface area contributed by atoms with Crippen molar-refractivity contribution >= 4 is 38.9 Å². The molecule has 1 N–H and O–H groups in total. The Labute approximate surface area is 141 Å². The second-order valence-electron chi connectivity index (χ2n) is 4.56. The number of hydrogen-bond donors (Lipinski definition) is 1. The molecule has 0 atom stereocenters. The maximum absolute atomic E-state index is 12.8. The molecule has 23 heavy (non-hydrogen) atoms. The van der Waals surface area contributed by atoms with Gasteiger partial charge in [-0.2, -0.15) is 13.2 Å². The van der Waals surface area contributed by atoms with Gasteiger partial charge >= 0.3 is 6.18 Å². The quantitative estimate of drug-likeness (QED) is 0.763. The van der Waals surface area contributed by atoms with Crippen molar-refractivity contribution in [2.75, 3.05) is 4.72 Å². The van der Waals surface area contributed by atoms with Crippen LogP contribution in [0.15, 0.2) is 47.4 Å². The third-order valence-corrected chi connectivity index (χ3v) is 4.87. The standard InChI is InChI=1S/C14H10Cl2F3NO2S/c15-8-9-1-2-10(14(17,18)19)7-13(9)20-23(21,22)12-5-3-11(16)4-6-12/h1-7,20H,8H2. The minimum atomic E-state index is -4.59. The van der Waals surface area contributed by atoms with E-state index in [0.717, 1.165) is 12.1 Å². The van der Waals surface area contributed by atoms with Gasteiger partial charge in [0, 0.05) is 10.9 Å². The minimum Gasteiger partial charge on any atom is -0.279 e. The van der Waals surface area contributed by atoms with Crippen LogP contribution in [0.4, 0.5) is 18.9 Å². The third kappa shape index (κ3) is 4.31. The Balaban J connectivity index is 2.43. The molecule has 2 aromatic rings. The van der Waals surface area contributed by atoms with E-state index >= 15 is 0 Å². The van der Waals surface area contributed by atoms with Crippen LogP contribution in [0.1, 0.15) is 11.1 Å². The maximum atomic E-state index is 12.8. The molecule has 0 fully saturated rings. The summed E-state index contributed by atoms with van der Waals surface area (Å²) in [5.41, 5.74) is -0.956. The second kappa shape index (κ2) is 6.59. The largest absolute Gasteiger partial charge is 0.416 e. The molecule has 124 valence electrons. The van der Waals surface area contributed by atoms with Crippen LogP contribution in [0, 0.1) is 0 Å². The summed E-state index contributed by atoms with van der Waals surface area (Å²) in [5.74, 6) is -0.142. The van der Waals surface area contributed by atoms with Crippen LogP contribution in [-0.2, 0) is 22.1 Å². The predicted octanol–water partition coefficient (Wildman–Crippen LogP) is 4.90. The van der Waals surface area contributed by atoms with E-state index in [0.29, 0.717) is 11.1 Å². The van der Waals surface area contributed by atoms with Crippen LogP contribution in [0.25, 0.3) is 0 Å². The second-order valence-corrected chi connectivity index (χ2v) is 6.95. The lowest BCUT2D eigenvalue weighted by Crippen LogP contribution is -2.15. The third-order valence-electron chi connectivity index (χ3n) is 2.95. The zero-order valence-corrected chi connectivity index (χ0v) is 13.7. The average molecular weight is 384 g/mol. The number of anilines is 1. The van der Waals surface area contributed by atoms with Crippen molar-refractivity contribution in [3.05, 3.63) is 58.6 Å². The maximum Gasteiger partial charge on any atom is 0.416 e. The van der Waals surface area contributed by atoms with Gasteiger partial charge in [-0.05, 0) is 42.0 Å². The van der Waals surface area contributed by atoms with E-state index in [1.165, 1.54) is 24.3 Å². The highest BCUT2D eigenvalue weighted by Gasteiger charge is 2.31. The molecule has 0 aromatic heterocycles. The van der Waals surface area contributed by atoms with Gasteiger partial charge in [0.2, 0.25) is 0 Å². The summed E-state index contributed by atoms with van der Waals surface area (Å²) in [5, 5.41) is 0.337. The summed E-state index contributed by atoms with van der Waals surface area (Å²) in [6, 6.07) is 7.92.